The highest BCUT2D eigenvalue weighted by Gasteiger charge is 2.12. The van der Waals surface area contributed by atoms with Crippen molar-refractivity contribution in [1.29, 1.82) is 0 Å². The Morgan fingerprint density at radius 2 is 2.05 bits per heavy atom. The van der Waals surface area contributed by atoms with E-state index in [9.17, 15) is 0 Å². The van der Waals surface area contributed by atoms with Crippen LogP contribution in [-0.4, -0.2) is 39.4 Å². The Morgan fingerprint density at radius 1 is 1.25 bits per heavy atom. The van der Waals surface area contributed by atoms with Gasteiger partial charge in [-0.2, -0.15) is 0 Å². The van der Waals surface area contributed by atoms with E-state index in [1.54, 1.807) is 14.2 Å². The van der Waals surface area contributed by atoms with Gasteiger partial charge in [0.2, 0.25) is 0 Å². The molecule has 0 radical (unpaired) electrons. The Morgan fingerprint density at radius 3 is 2.75 bits per heavy atom. The standard InChI is InChI=1S/C16H22N2O2/c1-12-11-17-15-13(7-5-8-14(15)20-4)16(12)18(2)9-6-10-19-3/h5,7-8,11H,6,9-10H2,1-4H3. The predicted molar refractivity (Wildman–Crippen MR) is 82.8 cm³/mol. The van der Waals surface area contributed by atoms with E-state index in [1.807, 2.05) is 18.3 Å². The minimum absolute atomic E-state index is 0.774. The highest BCUT2D eigenvalue weighted by molar-refractivity contribution is 5.96. The summed E-state index contributed by atoms with van der Waals surface area (Å²) in [6.45, 7) is 3.81. The Labute approximate surface area is 120 Å². The van der Waals surface area contributed by atoms with Gasteiger partial charge in [-0.3, -0.25) is 4.98 Å². The van der Waals surface area contributed by atoms with Crippen molar-refractivity contribution in [2.75, 3.05) is 39.3 Å². The van der Waals surface area contributed by atoms with E-state index >= 15 is 0 Å². The van der Waals surface area contributed by atoms with Crippen molar-refractivity contribution in [3.05, 3.63) is 30.0 Å². The van der Waals surface area contributed by atoms with Crippen LogP contribution in [0.4, 0.5) is 5.69 Å². The van der Waals surface area contributed by atoms with Crippen LogP contribution in [0.5, 0.6) is 5.75 Å². The number of para-hydroxylation sites is 1. The average Bonchev–Trinajstić information content (AvgIpc) is 2.46. The fraction of sp³-hybridized carbons (Fsp3) is 0.438. The van der Waals surface area contributed by atoms with Crippen molar-refractivity contribution in [2.45, 2.75) is 13.3 Å². The molecule has 0 saturated carbocycles. The fourth-order valence-corrected chi connectivity index (χ4v) is 2.51. The lowest BCUT2D eigenvalue weighted by molar-refractivity contribution is 0.196. The molecule has 0 bridgehead atoms. The van der Waals surface area contributed by atoms with Crippen molar-refractivity contribution < 1.29 is 9.47 Å². The molecule has 0 fully saturated rings. The van der Waals surface area contributed by atoms with Gasteiger partial charge < -0.3 is 14.4 Å². The number of anilines is 1. The maximum Gasteiger partial charge on any atom is 0.145 e. The minimum Gasteiger partial charge on any atom is -0.494 e. The maximum absolute atomic E-state index is 5.40. The zero-order valence-electron chi connectivity index (χ0n) is 12.6. The molecular weight excluding hydrogens is 252 g/mol. The molecule has 2 aromatic rings. The van der Waals surface area contributed by atoms with Crippen LogP contribution < -0.4 is 9.64 Å². The van der Waals surface area contributed by atoms with Gasteiger partial charge in [-0.25, -0.2) is 0 Å². The Bertz CT molecular complexity index is 584. The first-order valence-electron chi connectivity index (χ1n) is 6.81. The molecule has 20 heavy (non-hydrogen) atoms. The van der Waals surface area contributed by atoms with E-state index in [1.165, 1.54) is 11.3 Å². The van der Waals surface area contributed by atoms with Gasteiger partial charge in [0, 0.05) is 38.9 Å². The quantitative estimate of drug-likeness (QED) is 0.758. The van der Waals surface area contributed by atoms with E-state index in [4.69, 9.17) is 9.47 Å². The SMILES string of the molecule is COCCCN(C)c1c(C)cnc2c(OC)cccc12. The second-order valence-electron chi connectivity index (χ2n) is 4.91. The summed E-state index contributed by atoms with van der Waals surface area (Å²) >= 11 is 0. The normalized spacial score (nSPS) is 10.8. The van der Waals surface area contributed by atoms with Gasteiger partial charge >= 0.3 is 0 Å². The van der Waals surface area contributed by atoms with Crippen molar-refractivity contribution in [1.82, 2.24) is 4.98 Å². The number of ether oxygens (including phenoxy) is 2. The Kier molecular flexibility index (Phi) is 4.79. The summed E-state index contributed by atoms with van der Waals surface area (Å²) < 4.78 is 10.5. The molecule has 1 aromatic heterocycles. The molecule has 0 unspecified atom stereocenters. The third kappa shape index (κ3) is 2.85. The predicted octanol–water partition coefficient (Wildman–Crippen LogP) is 3.02. The third-order valence-electron chi connectivity index (χ3n) is 3.46. The van der Waals surface area contributed by atoms with Gasteiger partial charge in [0.05, 0.1) is 12.8 Å². The number of rotatable bonds is 6. The maximum atomic E-state index is 5.40. The molecule has 0 aliphatic carbocycles. The summed E-state index contributed by atoms with van der Waals surface area (Å²) in [6.07, 6.45) is 2.91. The van der Waals surface area contributed by atoms with Gasteiger partial charge in [0.1, 0.15) is 11.3 Å². The van der Waals surface area contributed by atoms with Crippen molar-refractivity contribution in [3.63, 3.8) is 0 Å². The molecule has 0 N–H and O–H groups in total. The zero-order valence-corrected chi connectivity index (χ0v) is 12.6. The first-order chi connectivity index (χ1) is 9.69. The Hall–Kier alpha value is -1.81. The number of aryl methyl sites for hydroxylation is 1. The molecule has 0 atom stereocenters. The Balaban J connectivity index is 2.43. The number of methoxy groups -OCH3 is 2. The van der Waals surface area contributed by atoms with Crippen LogP contribution in [-0.2, 0) is 4.74 Å². The zero-order chi connectivity index (χ0) is 14.5. The van der Waals surface area contributed by atoms with Gasteiger partial charge in [-0.05, 0) is 25.0 Å². The van der Waals surface area contributed by atoms with Crippen LogP contribution >= 0.6 is 0 Å². The van der Waals surface area contributed by atoms with Gasteiger partial charge in [-0.1, -0.05) is 12.1 Å². The first kappa shape index (κ1) is 14.6. The van der Waals surface area contributed by atoms with Crippen molar-refractivity contribution in [2.24, 2.45) is 0 Å². The van der Waals surface area contributed by atoms with Crippen LogP contribution in [0.15, 0.2) is 24.4 Å². The van der Waals surface area contributed by atoms with E-state index in [-0.39, 0.29) is 0 Å². The molecule has 0 amide bonds. The van der Waals surface area contributed by atoms with E-state index in [2.05, 4.69) is 29.9 Å². The molecule has 1 heterocycles. The molecule has 0 spiro atoms. The summed E-state index contributed by atoms with van der Waals surface area (Å²) in [5.41, 5.74) is 3.30. The second-order valence-corrected chi connectivity index (χ2v) is 4.91. The number of nitrogens with zero attached hydrogens (tertiary/aromatic N) is 2. The van der Waals surface area contributed by atoms with Crippen molar-refractivity contribution in [3.8, 4) is 5.75 Å². The minimum atomic E-state index is 0.774. The van der Waals surface area contributed by atoms with Crippen LogP contribution in [0.3, 0.4) is 0 Å². The first-order valence-corrected chi connectivity index (χ1v) is 6.81. The molecular formula is C16H22N2O2. The fourth-order valence-electron chi connectivity index (χ4n) is 2.51. The van der Waals surface area contributed by atoms with Gasteiger partial charge in [0.25, 0.3) is 0 Å². The highest BCUT2D eigenvalue weighted by atomic mass is 16.5. The van der Waals surface area contributed by atoms with E-state index < -0.39 is 0 Å². The van der Waals surface area contributed by atoms with Gasteiger partial charge in [-0.15, -0.1) is 0 Å². The number of benzene rings is 1. The number of hydrogen-bond acceptors (Lipinski definition) is 4. The number of aromatic nitrogens is 1. The molecule has 0 aliphatic rings. The van der Waals surface area contributed by atoms with Crippen LogP contribution in [0.25, 0.3) is 10.9 Å². The lowest BCUT2D eigenvalue weighted by Gasteiger charge is -2.23. The van der Waals surface area contributed by atoms with Crippen LogP contribution in [0.1, 0.15) is 12.0 Å². The smallest absolute Gasteiger partial charge is 0.145 e. The summed E-state index contributed by atoms with van der Waals surface area (Å²) in [7, 11) is 5.52. The lowest BCUT2D eigenvalue weighted by Crippen LogP contribution is -2.21. The number of hydrogen-bond donors (Lipinski definition) is 0. The molecule has 4 heteroatoms. The monoisotopic (exact) mass is 274 g/mol. The van der Waals surface area contributed by atoms with Crippen molar-refractivity contribution >= 4 is 16.6 Å². The van der Waals surface area contributed by atoms with Crippen LogP contribution in [0.2, 0.25) is 0 Å². The molecule has 0 saturated heterocycles. The molecule has 0 aliphatic heterocycles. The largest absolute Gasteiger partial charge is 0.494 e. The second kappa shape index (κ2) is 6.57. The van der Waals surface area contributed by atoms with E-state index in [0.717, 1.165) is 36.2 Å². The van der Waals surface area contributed by atoms with Gasteiger partial charge in [0.15, 0.2) is 0 Å². The summed E-state index contributed by atoms with van der Waals surface area (Å²) in [5.74, 6) is 0.814. The summed E-state index contributed by atoms with van der Waals surface area (Å²) in [6, 6.07) is 6.05. The van der Waals surface area contributed by atoms with Crippen LogP contribution in [0, 0.1) is 6.92 Å². The number of fused-ring (bicyclic) bond motifs is 1. The number of pyridine rings is 1. The molecule has 4 nitrogen and oxygen atoms in total. The summed E-state index contributed by atoms with van der Waals surface area (Å²) in [5, 5.41) is 1.13. The molecule has 1 aromatic carbocycles. The lowest BCUT2D eigenvalue weighted by atomic mass is 10.1. The summed E-state index contributed by atoms with van der Waals surface area (Å²) in [4.78, 5) is 6.78. The van der Waals surface area contributed by atoms with E-state index in [0.29, 0.717) is 0 Å². The highest BCUT2D eigenvalue weighted by Crippen LogP contribution is 2.33. The molecule has 108 valence electrons. The third-order valence-corrected chi connectivity index (χ3v) is 3.46. The topological polar surface area (TPSA) is 34.6 Å². The molecule has 2 rings (SSSR count). The average molecular weight is 274 g/mol.